The van der Waals surface area contributed by atoms with Gasteiger partial charge in [0, 0.05) is 55.2 Å². The number of hydrogen-bond acceptors (Lipinski definition) is 5. The number of thiophene rings is 1. The lowest BCUT2D eigenvalue weighted by Crippen LogP contribution is -2.04. The number of fused-ring (bicyclic) bond motifs is 5. The molecule has 0 radical (unpaired) electrons. The first-order valence-corrected chi connectivity index (χ1v) is 15.3. The topological polar surface area (TPSA) is 46.0 Å². The minimum atomic E-state index is 0.598. The van der Waals surface area contributed by atoms with Gasteiger partial charge in [0.2, 0.25) is 0 Å². The summed E-state index contributed by atoms with van der Waals surface area (Å²) < 4.78 is 9.10. The molecule has 6 aromatic carbocycles. The molecule has 210 valence electrons. The van der Waals surface area contributed by atoms with Crippen LogP contribution >= 0.6 is 11.3 Å². The average molecular weight is 586 g/mol. The smallest absolute Gasteiger partial charge is 0.179 e. The van der Waals surface area contributed by atoms with Crippen LogP contribution in [-0.4, -0.2) is 19.5 Å². The summed E-state index contributed by atoms with van der Waals surface area (Å²) in [6, 6.07) is 44.0. The monoisotopic (exact) mass is 585 g/mol. The Kier molecular flexibility index (Phi) is 6.32. The van der Waals surface area contributed by atoms with Gasteiger partial charge in [-0.15, -0.1) is 11.3 Å². The van der Waals surface area contributed by atoms with Gasteiger partial charge in [0.25, 0.3) is 0 Å². The fourth-order valence-electron chi connectivity index (χ4n) is 6.11. The maximum Gasteiger partial charge on any atom is 0.179 e. The van der Waals surface area contributed by atoms with Crippen LogP contribution in [0.1, 0.15) is 11.1 Å². The highest BCUT2D eigenvalue weighted by Gasteiger charge is 2.31. The zero-order valence-corrected chi connectivity index (χ0v) is 24.9. The van der Waals surface area contributed by atoms with Gasteiger partial charge in [-0.3, -0.25) is 4.99 Å². The van der Waals surface area contributed by atoms with Crippen LogP contribution in [0.3, 0.4) is 0 Å². The van der Waals surface area contributed by atoms with Gasteiger partial charge in [-0.2, -0.15) is 0 Å². The first kappa shape index (κ1) is 26.1. The van der Waals surface area contributed by atoms with Gasteiger partial charge in [0.05, 0.1) is 5.69 Å². The van der Waals surface area contributed by atoms with E-state index in [0.29, 0.717) is 11.5 Å². The molecule has 0 spiro atoms. The van der Waals surface area contributed by atoms with E-state index in [4.69, 9.17) is 9.73 Å². The first-order valence-electron chi connectivity index (χ1n) is 14.5. The second-order valence-electron chi connectivity index (χ2n) is 10.7. The Morgan fingerprint density at radius 2 is 1.43 bits per heavy atom. The van der Waals surface area contributed by atoms with E-state index in [2.05, 4.69) is 102 Å². The molecule has 1 aliphatic rings. The number of anilines is 1. The highest BCUT2D eigenvalue weighted by molar-refractivity contribution is 7.26. The van der Waals surface area contributed by atoms with Crippen LogP contribution in [0.25, 0.3) is 47.8 Å². The summed E-state index contributed by atoms with van der Waals surface area (Å²) in [7, 11) is 1.96. The van der Waals surface area contributed by atoms with E-state index in [9.17, 15) is 0 Å². The lowest BCUT2D eigenvalue weighted by atomic mass is 9.97. The van der Waals surface area contributed by atoms with Gasteiger partial charge in [0.1, 0.15) is 17.2 Å². The van der Waals surface area contributed by atoms with Crippen molar-refractivity contribution in [3.8, 4) is 16.9 Å². The molecule has 0 aliphatic carbocycles. The Labute approximate surface area is 259 Å². The largest absolute Gasteiger partial charge is 0.452 e. The summed E-state index contributed by atoms with van der Waals surface area (Å²) in [5.41, 5.74) is 7.31. The predicted octanol–water partition coefficient (Wildman–Crippen LogP) is 10.5. The number of nitrogens with one attached hydrogen (secondary N) is 1. The van der Waals surface area contributed by atoms with Gasteiger partial charge in [-0.25, -0.2) is 4.99 Å². The second kappa shape index (κ2) is 10.6. The molecule has 0 unspecified atom stereocenters. The van der Waals surface area contributed by atoms with Crippen LogP contribution in [0, 0.1) is 0 Å². The lowest BCUT2D eigenvalue weighted by Gasteiger charge is -2.14. The van der Waals surface area contributed by atoms with Crippen LogP contribution in [0.2, 0.25) is 0 Å². The molecular formula is C39H27N3OS. The third-order valence-electron chi connectivity index (χ3n) is 8.18. The Hall–Kier alpha value is -5.52. The molecule has 1 N–H and O–H groups in total. The third kappa shape index (κ3) is 4.21. The van der Waals surface area contributed by atoms with Gasteiger partial charge < -0.3 is 10.1 Å². The molecule has 0 saturated carbocycles. The molecule has 0 atom stereocenters. The number of allylic oxidation sites excluding steroid dienone is 1. The molecule has 8 rings (SSSR count). The van der Waals surface area contributed by atoms with Crippen molar-refractivity contribution in [2.24, 2.45) is 9.98 Å². The maximum atomic E-state index is 6.68. The molecule has 7 aromatic rings. The Morgan fingerprint density at radius 3 is 2.25 bits per heavy atom. The fourth-order valence-corrected chi connectivity index (χ4v) is 7.22. The highest BCUT2D eigenvalue weighted by atomic mass is 32.1. The van der Waals surface area contributed by atoms with E-state index in [1.165, 1.54) is 14.8 Å². The van der Waals surface area contributed by atoms with E-state index in [0.717, 1.165) is 61.2 Å². The van der Waals surface area contributed by atoms with E-state index >= 15 is 0 Å². The molecule has 5 heteroatoms. The molecule has 0 bridgehead atoms. The predicted molar refractivity (Wildman–Crippen MR) is 188 cm³/mol. The van der Waals surface area contributed by atoms with E-state index in [1.807, 2.05) is 49.5 Å². The Morgan fingerprint density at radius 1 is 0.705 bits per heavy atom. The van der Waals surface area contributed by atoms with Crippen molar-refractivity contribution in [3.05, 3.63) is 144 Å². The molecule has 0 fully saturated rings. The van der Waals surface area contributed by atoms with Gasteiger partial charge in [-0.05, 0) is 47.8 Å². The van der Waals surface area contributed by atoms with Crippen LogP contribution < -0.4 is 10.1 Å². The molecule has 0 saturated heterocycles. The number of rotatable bonds is 5. The molecule has 1 aliphatic heterocycles. The van der Waals surface area contributed by atoms with Crippen LogP contribution in [0.4, 0.5) is 11.4 Å². The van der Waals surface area contributed by atoms with Crippen LogP contribution in [0.15, 0.2) is 143 Å². The standard InChI is InChI=1S/C39H27N3OS/c1-40-31-18-10-8-16-27(31)28-20-21-34-35(29-17-9-11-19-33(29)44-34)37(28)42-38-30-22-25-14-6-7-15-26(25)23-32(30)43-39(38)36(41-2)24-12-4-3-5-13-24/h3-23,40H,2H2,1H3/b39-36+,42-38-. The maximum absolute atomic E-state index is 6.68. The van der Waals surface area contributed by atoms with Crippen molar-refractivity contribution in [1.29, 1.82) is 0 Å². The normalized spacial score (nSPS) is 14.6. The van der Waals surface area contributed by atoms with Crippen molar-refractivity contribution in [2.75, 3.05) is 12.4 Å². The number of para-hydroxylation sites is 1. The molecular weight excluding hydrogens is 559 g/mol. The first-order chi connectivity index (χ1) is 21.7. The summed E-state index contributed by atoms with van der Waals surface area (Å²) in [4.78, 5) is 10.1. The quantitative estimate of drug-likeness (QED) is 0.204. The molecule has 0 amide bonds. The van der Waals surface area contributed by atoms with Gasteiger partial charge in [0.15, 0.2) is 5.76 Å². The summed E-state index contributed by atoms with van der Waals surface area (Å²) in [5.74, 6) is 1.36. The Bertz CT molecular complexity index is 2310. The van der Waals surface area contributed by atoms with Crippen molar-refractivity contribution in [2.45, 2.75) is 0 Å². The summed E-state index contributed by atoms with van der Waals surface area (Å²) in [6.45, 7) is 3.96. The van der Waals surface area contributed by atoms with Crippen molar-refractivity contribution in [1.82, 2.24) is 0 Å². The second-order valence-corrected chi connectivity index (χ2v) is 11.8. The van der Waals surface area contributed by atoms with Gasteiger partial charge >= 0.3 is 0 Å². The number of nitrogens with zero attached hydrogens (tertiary/aromatic N) is 2. The number of ether oxygens (including phenoxy) is 1. The van der Waals surface area contributed by atoms with E-state index in [1.54, 1.807) is 11.3 Å². The minimum Gasteiger partial charge on any atom is -0.452 e. The number of hydrogen-bond donors (Lipinski definition) is 1. The van der Waals surface area contributed by atoms with E-state index in [-0.39, 0.29) is 0 Å². The SMILES string of the molecule is C=N/C(=C1/Oc2cc3ccccc3cc2/C1=N/c1c(-c2ccccc2NC)ccc2sc3ccccc3c12)c1ccccc1. The zero-order valence-electron chi connectivity index (χ0n) is 24.0. The lowest BCUT2D eigenvalue weighted by molar-refractivity contribution is 0.471. The number of benzene rings is 6. The highest BCUT2D eigenvalue weighted by Crippen LogP contribution is 2.48. The summed E-state index contributed by atoms with van der Waals surface area (Å²) in [6.07, 6.45) is 0. The molecule has 1 aromatic heterocycles. The van der Waals surface area contributed by atoms with Crippen molar-refractivity contribution < 1.29 is 4.74 Å². The zero-order chi connectivity index (χ0) is 29.6. The average Bonchev–Trinajstić information content (AvgIpc) is 3.62. The summed E-state index contributed by atoms with van der Waals surface area (Å²) in [5, 5.41) is 7.92. The summed E-state index contributed by atoms with van der Waals surface area (Å²) >= 11 is 1.79. The van der Waals surface area contributed by atoms with Crippen molar-refractivity contribution >= 4 is 71.8 Å². The minimum absolute atomic E-state index is 0.598. The van der Waals surface area contributed by atoms with Crippen LogP contribution in [0.5, 0.6) is 5.75 Å². The third-order valence-corrected chi connectivity index (χ3v) is 9.31. The van der Waals surface area contributed by atoms with Gasteiger partial charge in [-0.1, -0.05) is 97.1 Å². The van der Waals surface area contributed by atoms with Crippen LogP contribution in [-0.2, 0) is 0 Å². The fraction of sp³-hybridized carbons (Fsp3) is 0.0256. The molecule has 4 nitrogen and oxygen atoms in total. The number of aliphatic imine (C=N–C) groups is 2. The van der Waals surface area contributed by atoms with E-state index < -0.39 is 0 Å². The molecule has 2 heterocycles. The Balaban J connectivity index is 1.51. The van der Waals surface area contributed by atoms with Crippen molar-refractivity contribution in [3.63, 3.8) is 0 Å². The molecule has 44 heavy (non-hydrogen) atoms.